The third-order valence-corrected chi connectivity index (χ3v) is 3.24. The Morgan fingerprint density at radius 2 is 2.16 bits per heavy atom. The molecule has 0 radical (unpaired) electrons. The summed E-state index contributed by atoms with van der Waals surface area (Å²) in [7, 11) is 0. The lowest BCUT2D eigenvalue weighted by atomic mass is 9.94. The fraction of sp³-hybridized carbons (Fsp3) is 0.500. The summed E-state index contributed by atoms with van der Waals surface area (Å²) in [6.45, 7) is 12.1. The number of ether oxygens (including phenoxy) is 2. The Balaban J connectivity index is 1.90. The lowest BCUT2D eigenvalue weighted by molar-refractivity contribution is 0.0885. The molecule has 0 saturated carbocycles. The zero-order valence-corrected chi connectivity index (χ0v) is 12.0. The van der Waals surface area contributed by atoms with Gasteiger partial charge in [0.15, 0.2) is 0 Å². The molecule has 1 aromatic rings. The van der Waals surface area contributed by atoms with Gasteiger partial charge in [-0.25, -0.2) is 0 Å². The van der Waals surface area contributed by atoms with Crippen LogP contribution in [0.4, 0.5) is 0 Å². The van der Waals surface area contributed by atoms with E-state index in [2.05, 4.69) is 37.9 Å². The van der Waals surface area contributed by atoms with E-state index in [1.165, 1.54) is 5.56 Å². The van der Waals surface area contributed by atoms with Crippen molar-refractivity contribution in [1.82, 2.24) is 5.32 Å². The van der Waals surface area contributed by atoms with Crippen molar-refractivity contribution in [2.75, 3.05) is 19.8 Å². The van der Waals surface area contributed by atoms with Crippen LogP contribution in [0.15, 0.2) is 36.4 Å². The van der Waals surface area contributed by atoms with Gasteiger partial charge in [0.2, 0.25) is 0 Å². The molecule has 1 atom stereocenters. The molecule has 1 heterocycles. The number of nitrogens with one attached hydrogen (secondary N) is 1. The molecule has 0 spiro atoms. The van der Waals surface area contributed by atoms with Crippen LogP contribution in [0.3, 0.4) is 0 Å². The van der Waals surface area contributed by atoms with Crippen LogP contribution in [0, 0.1) is 0 Å². The van der Waals surface area contributed by atoms with Crippen LogP contribution in [0.5, 0.6) is 5.75 Å². The van der Waals surface area contributed by atoms with E-state index >= 15 is 0 Å². The van der Waals surface area contributed by atoms with Crippen molar-refractivity contribution in [2.24, 2.45) is 0 Å². The highest BCUT2D eigenvalue weighted by molar-refractivity contribution is 5.42. The van der Waals surface area contributed by atoms with Gasteiger partial charge < -0.3 is 14.8 Å². The minimum atomic E-state index is -0.224. The Labute approximate surface area is 115 Å². The molecule has 3 heteroatoms. The Bertz CT molecular complexity index is 454. The standard InChI is InChI=1S/C16H23NO2/c1-12(2)11-18-10-9-17-15-13-7-5-6-8-14(13)19-16(15,3)4/h5-8,15,17H,1,9-11H2,2-4H3. The maximum absolute atomic E-state index is 5.98. The minimum absolute atomic E-state index is 0.206. The Hall–Kier alpha value is -1.32. The number of hydrogen-bond acceptors (Lipinski definition) is 3. The van der Waals surface area contributed by atoms with Crippen molar-refractivity contribution in [3.63, 3.8) is 0 Å². The Kier molecular flexibility index (Phi) is 4.27. The summed E-state index contributed by atoms with van der Waals surface area (Å²) in [4.78, 5) is 0. The molecule has 1 aliphatic rings. The van der Waals surface area contributed by atoms with Gasteiger partial charge in [0, 0.05) is 12.1 Å². The SMILES string of the molecule is C=C(C)COCCNC1c2ccccc2OC1(C)C. The molecular weight excluding hydrogens is 238 g/mol. The average Bonchev–Trinajstić information content (AvgIpc) is 2.59. The molecule has 3 nitrogen and oxygen atoms in total. The monoisotopic (exact) mass is 261 g/mol. The molecule has 104 valence electrons. The van der Waals surface area contributed by atoms with Gasteiger partial charge in [-0.05, 0) is 26.8 Å². The summed E-state index contributed by atoms with van der Waals surface area (Å²) in [5, 5.41) is 3.52. The minimum Gasteiger partial charge on any atom is -0.486 e. The smallest absolute Gasteiger partial charge is 0.125 e. The van der Waals surface area contributed by atoms with E-state index in [0.29, 0.717) is 13.2 Å². The number of hydrogen-bond donors (Lipinski definition) is 1. The van der Waals surface area contributed by atoms with E-state index in [-0.39, 0.29) is 11.6 Å². The van der Waals surface area contributed by atoms with Crippen LogP contribution < -0.4 is 10.1 Å². The van der Waals surface area contributed by atoms with Gasteiger partial charge in [0.1, 0.15) is 11.4 Å². The normalized spacial score (nSPS) is 19.8. The van der Waals surface area contributed by atoms with Crippen molar-refractivity contribution < 1.29 is 9.47 Å². The molecule has 0 saturated heterocycles. The lowest BCUT2D eigenvalue weighted by Gasteiger charge is -2.27. The van der Waals surface area contributed by atoms with Crippen LogP contribution >= 0.6 is 0 Å². The van der Waals surface area contributed by atoms with Crippen LogP contribution in [-0.2, 0) is 4.74 Å². The van der Waals surface area contributed by atoms with Gasteiger partial charge in [-0.3, -0.25) is 0 Å². The molecule has 19 heavy (non-hydrogen) atoms. The molecule has 0 amide bonds. The highest BCUT2D eigenvalue weighted by Crippen LogP contribution is 2.42. The highest BCUT2D eigenvalue weighted by atomic mass is 16.5. The highest BCUT2D eigenvalue weighted by Gasteiger charge is 2.40. The molecule has 0 aliphatic carbocycles. The zero-order valence-electron chi connectivity index (χ0n) is 12.0. The predicted octanol–water partition coefficient (Wildman–Crippen LogP) is 3.08. The lowest BCUT2D eigenvalue weighted by Crippen LogP contribution is -2.40. The van der Waals surface area contributed by atoms with Gasteiger partial charge >= 0.3 is 0 Å². The first kappa shape index (κ1) is 14.1. The maximum atomic E-state index is 5.98. The van der Waals surface area contributed by atoms with E-state index in [1.54, 1.807) is 0 Å². The second-order valence-corrected chi connectivity index (χ2v) is 5.64. The molecule has 1 aromatic carbocycles. The van der Waals surface area contributed by atoms with Crippen molar-refractivity contribution in [3.8, 4) is 5.75 Å². The second kappa shape index (κ2) is 5.76. The van der Waals surface area contributed by atoms with Crippen molar-refractivity contribution >= 4 is 0 Å². The summed E-state index contributed by atoms with van der Waals surface area (Å²) >= 11 is 0. The molecule has 0 bridgehead atoms. The molecule has 2 rings (SSSR count). The van der Waals surface area contributed by atoms with Crippen molar-refractivity contribution in [1.29, 1.82) is 0 Å². The summed E-state index contributed by atoms with van der Waals surface area (Å²) in [5.74, 6) is 0.979. The van der Waals surface area contributed by atoms with E-state index in [4.69, 9.17) is 9.47 Å². The third kappa shape index (κ3) is 3.37. The Morgan fingerprint density at radius 1 is 1.42 bits per heavy atom. The predicted molar refractivity (Wildman–Crippen MR) is 77.5 cm³/mol. The van der Waals surface area contributed by atoms with Crippen LogP contribution in [-0.4, -0.2) is 25.4 Å². The van der Waals surface area contributed by atoms with Gasteiger partial charge in [-0.15, -0.1) is 0 Å². The number of fused-ring (bicyclic) bond motifs is 1. The van der Waals surface area contributed by atoms with E-state index in [9.17, 15) is 0 Å². The quantitative estimate of drug-likeness (QED) is 0.630. The molecule has 1 unspecified atom stereocenters. The fourth-order valence-electron chi connectivity index (χ4n) is 2.41. The van der Waals surface area contributed by atoms with Crippen LogP contribution in [0.1, 0.15) is 32.4 Å². The first-order chi connectivity index (χ1) is 9.00. The van der Waals surface area contributed by atoms with E-state index in [0.717, 1.165) is 17.9 Å². The molecule has 1 aliphatic heterocycles. The van der Waals surface area contributed by atoms with Crippen molar-refractivity contribution in [3.05, 3.63) is 42.0 Å². The zero-order chi connectivity index (χ0) is 13.9. The first-order valence-electron chi connectivity index (χ1n) is 6.74. The summed E-state index contributed by atoms with van der Waals surface area (Å²) in [6, 6.07) is 8.41. The number of rotatable bonds is 6. The van der Waals surface area contributed by atoms with Crippen LogP contribution in [0.2, 0.25) is 0 Å². The van der Waals surface area contributed by atoms with E-state index < -0.39 is 0 Å². The first-order valence-corrected chi connectivity index (χ1v) is 6.74. The molecule has 0 fully saturated rings. The third-order valence-electron chi connectivity index (χ3n) is 3.24. The number of para-hydroxylation sites is 1. The van der Waals surface area contributed by atoms with Crippen molar-refractivity contribution in [2.45, 2.75) is 32.4 Å². The van der Waals surface area contributed by atoms with Gasteiger partial charge in [0.05, 0.1) is 19.3 Å². The summed E-state index contributed by atoms with van der Waals surface area (Å²) in [5.41, 5.74) is 2.06. The largest absolute Gasteiger partial charge is 0.486 e. The van der Waals surface area contributed by atoms with Gasteiger partial charge in [-0.1, -0.05) is 30.4 Å². The molecule has 0 aromatic heterocycles. The average molecular weight is 261 g/mol. The van der Waals surface area contributed by atoms with E-state index in [1.807, 2.05) is 19.1 Å². The number of benzene rings is 1. The molecule has 1 N–H and O–H groups in total. The van der Waals surface area contributed by atoms with Gasteiger partial charge in [0.25, 0.3) is 0 Å². The second-order valence-electron chi connectivity index (χ2n) is 5.64. The summed E-state index contributed by atoms with van der Waals surface area (Å²) in [6.07, 6.45) is 0. The Morgan fingerprint density at radius 3 is 2.89 bits per heavy atom. The van der Waals surface area contributed by atoms with Crippen LogP contribution in [0.25, 0.3) is 0 Å². The summed E-state index contributed by atoms with van der Waals surface area (Å²) < 4.78 is 11.5. The molecular formula is C16H23NO2. The topological polar surface area (TPSA) is 30.5 Å². The fourth-order valence-corrected chi connectivity index (χ4v) is 2.41. The maximum Gasteiger partial charge on any atom is 0.125 e. The van der Waals surface area contributed by atoms with Gasteiger partial charge in [-0.2, -0.15) is 0 Å².